The summed E-state index contributed by atoms with van der Waals surface area (Å²) in [5, 5.41) is 11.5. The van der Waals surface area contributed by atoms with E-state index in [4.69, 9.17) is 4.74 Å². The van der Waals surface area contributed by atoms with Crippen molar-refractivity contribution in [1.29, 1.82) is 0 Å². The number of hydrogen-bond acceptors (Lipinski definition) is 4. The Kier molecular flexibility index (Phi) is 3.71. The summed E-state index contributed by atoms with van der Waals surface area (Å²) < 4.78 is 5.85. The first kappa shape index (κ1) is 16.0. The van der Waals surface area contributed by atoms with Gasteiger partial charge in [-0.2, -0.15) is 0 Å². The van der Waals surface area contributed by atoms with Crippen LogP contribution in [-0.4, -0.2) is 35.7 Å². The third-order valence-electron chi connectivity index (χ3n) is 5.49. The molecular weight excluding hydrogens is 318 g/mol. The van der Waals surface area contributed by atoms with Crippen molar-refractivity contribution >= 4 is 28.8 Å². The lowest BCUT2D eigenvalue weighted by Gasteiger charge is -2.30. The number of nitrogens with zero attached hydrogens (tertiary/aromatic N) is 1. The SMILES string of the molecule is CC1C(C(=O)N(C=O)c2cccc3ccccc23)C2C=CC1(CO)O2. The van der Waals surface area contributed by atoms with E-state index >= 15 is 0 Å². The lowest BCUT2D eigenvalue weighted by atomic mass is 9.76. The Hall–Kier alpha value is -2.50. The summed E-state index contributed by atoms with van der Waals surface area (Å²) in [7, 11) is 0. The summed E-state index contributed by atoms with van der Waals surface area (Å²) in [5.41, 5.74) is -0.256. The molecule has 0 radical (unpaired) electrons. The first-order valence-corrected chi connectivity index (χ1v) is 8.35. The third-order valence-corrected chi connectivity index (χ3v) is 5.49. The highest BCUT2D eigenvalue weighted by Gasteiger charge is 2.57. The van der Waals surface area contributed by atoms with Crippen molar-refractivity contribution in [3.63, 3.8) is 0 Å². The van der Waals surface area contributed by atoms with E-state index in [1.807, 2.05) is 55.5 Å². The molecule has 1 fully saturated rings. The molecule has 0 saturated carbocycles. The van der Waals surface area contributed by atoms with E-state index in [0.29, 0.717) is 12.1 Å². The largest absolute Gasteiger partial charge is 0.393 e. The van der Waals surface area contributed by atoms with E-state index in [0.717, 1.165) is 10.8 Å². The molecule has 4 atom stereocenters. The molecule has 4 unspecified atom stereocenters. The highest BCUT2D eigenvalue weighted by atomic mass is 16.5. The van der Waals surface area contributed by atoms with Crippen LogP contribution < -0.4 is 4.90 Å². The number of carbonyl (C=O) groups excluding carboxylic acids is 2. The normalized spacial score (nSPS) is 29.9. The molecule has 5 nitrogen and oxygen atoms in total. The van der Waals surface area contributed by atoms with E-state index in [9.17, 15) is 14.7 Å². The number of fused-ring (bicyclic) bond motifs is 3. The maximum atomic E-state index is 13.2. The lowest BCUT2D eigenvalue weighted by molar-refractivity contribution is -0.126. The summed E-state index contributed by atoms with van der Waals surface area (Å²) in [4.78, 5) is 26.2. The van der Waals surface area contributed by atoms with Gasteiger partial charge in [0, 0.05) is 11.3 Å². The predicted molar refractivity (Wildman–Crippen MR) is 94.0 cm³/mol. The topological polar surface area (TPSA) is 66.8 Å². The molecule has 0 aliphatic carbocycles. The van der Waals surface area contributed by atoms with E-state index in [1.165, 1.54) is 4.90 Å². The minimum absolute atomic E-state index is 0.180. The first-order chi connectivity index (χ1) is 12.1. The van der Waals surface area contributed by atoms with Crippen molar-refractivity contribution in [2.75, 3.05) is 11.5 Å². The quantitative estimate of drug-likeness (QED) is 0.687. The van der Waals surface area contributed by atoms with E-state index in [2.05, 4.69) is 0 Å². The zero-order valence-corrected chi connectivity index (χ0v) is 13.8. The zero-order valence-electron chi connectivity index (χ0n) is 13.8. The number of aliphatic hydroxyl groups excluding tert-OH is 1. The monoisotopic (exact) mass is 337 g/mol. The smallest absolute Gasteiger partial charge is 0.240 e. The van der Waals surface area contributed by atoms with Crippen LogP contribution >= 0.6 is 0 Å². The van der Waals surface area contributed by atoms with E-state index in [1.54, 1.807) is 6.07 Å². The lowest BCUT2D eigenvalue weighted by Crippen LogP contribution is -2.44. The average Bonchev–Trinajstić information content (AvgIpc) is 3.19. The maximum absolute atomic E-state index is 13.2. The van der Waals surface area contributed by atoms with Crippen LogP contribution in [0.4, 0.5) is 5.69 Å². The minimum atomic E-state index is -0.821. The second-order valence-electron chi connectivity index (χ2n) is 6.68. The second-order valence-corrected chi connectivity index (χ2v) is 6.68. The number of ether oxygens (including phenoxy) is 1. The summed E-state index contributed by atoms with van der Waals surface area (Å²) in [6.07, 6.45) is 3.80. The van der Waals surface area contributed by atoms with Crippen LogP contribution in [0.5, 0.6) is 0 Å². The van der Waals surface area contributed by atoms with Crippen molar-refractivity contribution in [2.45, 2.75) is 18.6 Å². The molecule has 128 valence electrons. The number of amides is 2. The van der Waals surface area contributed by atoms with Gasteiger partial charge in [0.15, 0.2) is 0 Å². The molecule has 2 amide bonds. The van der Waals surface area contributed by atoms with Gasteiger partial charge in [0.05, 0.1) is 24.3 Å². The fraction of sp³-hybridized carbons (Fsp3) is 0.300. The van der Waals surface area contributed by atoms with Gasteiger partial charge >= 0.3 is 0 Å². The van der Waals surface area contributed by atoms with Crippen LogP contribution in [0.25, 0.3) is 10.8 Å². The van der Waals surface area contributed by atoms with Crippen LogP contribution in [0.15, 0.2) is 54.6 Å². The van der Waals surface area contributed by atoms with Gasteiger partial charge < -0.3 is 9.84 Å². The minimum Gasteiger partial charge on any atom is -0.393 e. The molecule has 1 saturated heterocycles. The number of aliphatic hydroxyl groups is 1. The van der Waals surface area contributed by atoms with Crippen molar-refractivity contribution in [3.05, 3.63) is 54.6 Å². The van der Waals surface area contributed by atoms with E-state index < -0.39 is 17.6 Å². The molecule has 2 aromatic carbocycles. The van der Waals surface area contributed by atoms with Crippen molar-refractivity contribution in [1.82, 2.24) is 0 Å². The second kappa shape index (κ2) is 5.79. The van der Waals surface area contributed by atoms with Crippen LogP contribution in [-0.2, 0) is 14.3 Å². The van der Waals surface area contributed by atoms with Gasteiger partial charge in [0.1, 0.15) is 5.60 Å². The van der Waals surface area contributed by atoms with E-state index in [-0.39, 0.29) is 18.4 Å². The molecule has 0 aromatic heterocycles. The standard InChI is InChI=1S/C20H19NO4/c1-13-18(17-9-10-20(13,11-22)25-17)19(24)21(12-23)16-8-4-6-14-5-2-3-7-15(14)16/h2-10,12-13,17-18,22H,11H2,1H3. The number of carbonyl (C=O) groups is 2. The third kappa shape index (κ3) is 2.23. The molecule has 2 heterocycles. The predicted octanol–water partition coefficient (Wildman–Crippen LogP) is 2.28. The molecule has 2 aliphatic rings. The van der Waals surface area contributed by atoms with Crippen molar-refractivity contribution < 1.29 is 19.4 Å². The van der Waals surface area contributed by atoms with Gasteiger partial charge in [-0.25, -0.2) is 0 Å². The van der Waals surface area contributed by atoms with Crippen molar-refractivity contribution in [3.8, 4) is 0 Å². The molecule has 2 bridgehead atoms. The molecular formula is C20H19NO4. The number of imide groups is 1. The fourth-order valence-electron chi connectivity index (χ4n) is 4.03. The highest BCUT2D eigenvalue weighted by molar-refractivity contribution is 6.14. The maximum Gasteiger partial charge on any atom is 0.240 e. The first-order valence-electron chi connectivity index (χ1n) is 8.35. The summed E-state index contributed by atoms with van der Waals surface area (Å²) >= 11 is 0. The molecule has 2 aromatic rings. The summed E-state index contributed by atoms with van der Waals surface area (Å²) in [6, 6.07) is 13.2. The molecule has 4 rings (SSSR count). The number of anilines is 1. The molecule has 2 aliphatic heterocycles. The van der Waals surface area contributed by atoms with Gasteiger partial charge in [-0.05, 0) is 11.5 Å². The fourth-order valence-corrected chi connectivity index (χ4v) is 4.03. The van der Waals surface area contributed by atoms with Gasteiger partial charge in [0.25, 0.3) is 0 Å². The number of benzene rings is 2. The Morgan fingerprint density at radius 2 is 2.04 bits per heavy atom. The molecule has 25 heavy (non-hydrogen) atoms. The number of rotatable bonds is 4. The summed E-state index contributed by atoms with van der Waals surface area (Å²) in [6.45, 7) is 1.70. The van der Waals surface area contributed by atoms with Gasteiger partial charge in [0.2, 0.25) is 12.3 Å². The van der Waals surface area contributed by atoms with Crippen LogP contribution in [0.2, 0.25) is 0 Å². The van der Waals surface area contributed by atoms with Crippen molar-refractivity contribution in [2.24, 2.45) is 11.8 Å². The Morgan fingerprint density at radius 3 is 2.76 bits per heavy atom. The Labute approximate surface area is 145 Å². The number of hydrogen-bond donors (Lipinski definition) is 1. The molecule has 0 spiro atoms. The molecule has 1 N–H and O–H groups in total. The van der Waals surface area contributed by atoms with Crippen LogP contribution in [0, 0.1) is 11.8 Å². The Balaban J connectivity index is 1.74. The van der Waals surface area contributed by atoms with Crippen LogP contribution in [0.1, 0.15) is 6.92 Å². The Bertz CT molecular complexity index is 872. The zero-order chi connectivity index (χ0) is 17.6. The average molecular weight is 337 g/mol. The van der Waals surface area contributed by atoms with Gasteiger partial charge in [-0.1, -0.05) is 55.5 Å². The highest BCUT2D eigenvalue weighted by Crippen LogP contribution is 2.47. The van der Waals surface area contributed by atoms with Gasteiger partial charge in [-0.3, -0.25) is 14.5 Å². The van der Waals surface area contributed by atoms with Crippen LogP contribution in [0.3, 0.4) is 0 Å². The molecule has 5 heteroatoms. The summed E-state index contributed by atoms with van der Waals surface area (Å²) in [5.74, 6) is -1.01. The van der Waals surface area contributed by atoms with Gasteiger partial charge in [-0.15, -0.1) is 0 Å². The Morgan fingerprint density at radius 1 is 1.28 bits per heavy atom.